The van der Waals surface area contributed by atoms with Gasteiger partial charge in [-0.05, 0) is 59.8 Å². The summed E-state index contributed by atoms with van der Waals surface area (Å²) in [5, 5.41) is 18.5. The minimum atomic E-state index is -3.70. The van der Waals surface area contributed by atoms with E-state index in [0.717, 1.165) is 19.3 Å². The maximum absolute atomic E-state index is 12.7. The third kappa shape index (κ3) is 5.73. The minimum absolute atomic E-state index is 0.149. The Kier molecular flexibility index (Phi) is 7.84. The van der Waals surface area contributed by atoms with Crippen molar-refractivity contribution in [3.8, 4) is 0 Å². The first-order valence-electron chi connectivity index (χ1n) is 11.4. The zero-order valence-corrected chi connectivity index (χ0v) is 20.5. The number of hydrogen-bond acceptors (Lipinski definition) is 9. The van der Waals surface area contributed by atoms with Crippen molar-refractivity contribution in [2.75, 3.05) is 18.9 Å². The largest absolute Gasteiger partial charge is 0.498 e. The molecule has 0 aromatic carbocycles. The highest BCUT2D eigenvalue weighted by molar-refractivity contribution is 7.91. The van der Waals surface area contributed by atoms with E-state index in [4.69, 9.17) is 14.4 Å². The Bertz CT molecular complexity index is 924. The Morgan fingerprint density at radius 1 is 1.21 bits per heavy atom. The standard InChI is InChI=1S/C21H34BN3O7S/c1-20(2)21(3,4)32-22(31-20)15-12-23-19(24-13-15)33(29,30)11-7-9-16-8-5-6-10-25(16)18(28)17(27)14-26/h12-13,16-17,26-27H,5-11,14H2,1-4H3/t16-,17-/m0/s1. The second-order valence-corrected chi connectivity index (χ2v) is 11.7. The fraction of sp³-hybridized carbons (Fsp3) is 0.762. The second kappa shape index (κ2) is 9.95. The molecule has 2 aliphatic rings. The van der Waals surface area contributed by atoms with E-state index in [0.29, 0.717) is 24.8 Å². The number of amides is 1. The Morgan fingerprint density at radius 2 is 1.82 bits per heavy atom. The van der Waals surface area contributed by atoms with Crippen LogP contribution in [0.15, 0.2) is 17.6 Å². The lowest BCUT2D eigenvalue weighted by Crippen LogP contribution is -2.49. The van der Waals surface area contributed by atoms with Gasteiger partial charge in [0.1, 0.15) is 0 Å². The molecule has 3 heterocycles. The Morgan fingerprint density at radius 3 is 2.39 bits per heavy atom. The number of carbonyl (C=O) groups is 1. The monoisotopic (exact) mass is 483 g/mol. The fourth-order valence-electron chi connectivity index (χ4n) is 4.05. The van der Waals surface area contributed by atoms with Gasteiger partial charge in [0.2, 0.25) is 15.0 Å². The molecular formula is C21H34BN3O7S. The van der Waals surface area contributed by atoms with Crippen LogP contribution in [0.25, 0.3) is 0 Å². The molecular weight excluding hydrogens is 449 g/mol. The van der Waals surface area contributed by atoms with Crippen LogP contribution < -0.4 is 5.46 Å². The van der Waals surface area contributed by atoms with Crippen molar-refractivity contribution in [2.24, 2.45) is 0 Å². The van der Waals surface area contributed by atoms with E-state index in [1.807, 2.05) is 27.7 Å². The highest BCUT2D eigenvalue weighted by atomic mass is 32.2. The Balaban J connectivity index is 1.59. The first kappa shape index (κ1) is 26.0. The van der Waals surface area contributed by atoms with Crippen molar-refractivity contribution in [1.29, 1.82) is 0 Å². The van der Waals surface area contributed by atoms with Crippen LogP contribution in [-0.2, 0) is 23.9 Å². The third-order valence-corrected chi connectivity index (χ3v) is 8.36. The van der Waals surface area contributed by atoms with Crippen molar-refractivity contribution in [3.05, 3.63) is 12.4 Å². The second-order valence-electron chi connectivity index (χ2n) is 9.73. The molecule has 1 aromatic rings. The van der Waals surface area contributed by atoms with Gasteiger partial charge >= 0.3 is 7.12 Å². The SMILES string of the molecule is CC1(C)OB(c2cnc(S(=O)(=O)CCC[C@@H]3CCCCN3C(=O)[C@@H](O)CO)nc2)OC1(C)C. The lowest BCUT2D eigenvalue weighted by molar-refractivity contribution is -0.146. The van der Waals surface area contributed by atoms with E-state index >= 15 is 0 Å². The fourth-order valence-corrected chi connectivity index (χ4v) is 5.20. The third-order valence-electron chi connectivity index (χ3n) is 6.77. The number of nitrogens with zero attached hydrogens (tertiary/aromatic N) is 3. The molecule has 0 radical (unpaired) electrons. The summed E-state index contributed by atoms with van der Waals surface area (Å²) >= 11 is 0. The maximum Gasteiger partial charge on any atom is 0.498 e. The molecule has 184 valence electrons. The molecule has 33 heavy (non-hydrogen) atoms. The highest BCUT2D eigenvalue weighted by Gasteiger charge is 2.52. The molecule has 10 nitrogen and oxygen atoms in total. The van der Waals surface area contributed by atoms with E-state index in [2.05, 4.69) is 9.97 Å². The molecule has 1 aromatic heterocycles. The van der Waals surface area contributed by atoms with Gasteiger partial charge in [-0.2, -0.15) is 0 Å². The zero-order chi connectivity index (χ0) is 24.4. The van der Waals surface area contributed by atoms with E-state index in [1.54, 1.807) is 4.90 Å². The van der Waals surface area contributed by atoms with E-state index in [9.17, 15) is 18.3 Å². The van der Waals surface area contributed by atoms with E-state index in [-0.39, 0.29) is 17.0 Å². The highest BCUT2D eigenvalue weighted by Crippen LogP contribution is 2.36. The van der Waals surface area contributed by atoms with Crippen LogP contribution in [-0.4, -0.2) is 88.8 Å². The van der Waals surface area contributed by atoms with Gasteiger partial charge in [-0.15, -0.1) is 0 Å². The number of rotatable bonds is 8. The zero-order valence-electron chi connectivity index (χ0n) is 19.7. The topological polar surface area (TPSA) is 139 Å². The van der Waals surface area contributed by atoms with Gasteiger partial charge in [0.25, 0.3) is 5.91 Å². The molecule has 3 rings (SSSR count). The predicted molar refractivity (Wildman–Crippen MR) is 121 cm³/mol. The molecule has 1 amide bonds. The Hall–Kier alpha value is -1.60. The van der Waals surface area contributed by atoms with Crippen molar-refractivity contribution in [1.82, 2.24) is 14.9 Å². The van der Waals surface area contributed by atoms with Crippen LogP contribution in [0.2, 0.25) is 0 Å². The van der Waals surface area contributed by atoms with Crippen molar-refractivity contribution < 1.29 is 32.7 Å². The molecule has 2 atom stereocenters. The molecule has 0 bridgehead atoms. The van der Waals surface area contributed by atoms with Crippen LogP contribution in [0.4, 0.5) is 0 Å². The summed E-state index contributed by atoms with van der Waals surface area (Å²) in [4.78, 5) is 22.0. The number of aliphatic hydroxyl groups is 2. The van der Waals surface area contributed by atoms with Crippen LogP contribution in [0, 0.1) is 0 Å². The number of aliphatic hydroxyl groups excluding tert-OH is 2. The normalized spacial score (nSPS) is 23.5. The quantitative estimate of drug-likeness (QED) is 0.388. The number of aromatic nitrogens is 2. The molecule has 0 aliphatic carbocycles. The van der Waals surface area contributed by atoms with Gasteiger partial charge in [0.05, 0.1) is 23.6 Å². The average Bonchev–Trinajstić information content (AvgIpc) is 3.00. The summed E-state index contributed by atoms with van der Waals surface area (Å²) in [7, 11) is -4.37. The van der Waals surface area contributed by atoms with Crippen molar-refractivity contribution in [3.63, 3.8) is 0 Å². The molecule has 2 saturated heterocycles. The van der Waals surface area contributed by atoms with E-state index < -0.39 is 46.8 Å². The maximum atomic E-state index is 12.7. The smallest absolute Gasteiger partial charge is 0.399 e. The lowest BCUT2D eigenvalue weighted by atomic mass is 9.81. The van der Waals surface area contributed by atoms with Crippen LogP contribution >= 0.6 is 0 Å². The Labute approximate surface area is 195 Å². The van der Waals surface area contributed by atoms with Gasteiger partial charge in [-0.1, -0.05) is 0 Å². The summed E-state index contributed by atoms with van der Waals surface area (Å²) in [6, 6.07) is -0.158. The minimum Gasteiger partial charge on any atom is -0.399 e. The van der Waals surface area contributed by atoms with Crippen LogP contribution in [0.5, 0.6) is 0 Å². The molecule has 2 N–H and O–H groups in total. The summed E-state index contributed by atoms with van der Waals surface area (Å²) in [6.45, 7) is 7.58. The van der Waals surface area contributed by atoms with Crippen LogP contribution in [0.3, 0.4) is 0 Å². The molecule has 0 unspecified atom stereocenters. The summed E-state index contributed by atoms with van der Waals surface area (Å²) in [6.07, 6.45) is 4.69. The molecule has 0 spiro atoms. The van der Waals surface area contributed by atoms with Gasteiger partial charge in [0.15, 0.2) is 6.10 Å². The lowest BCUT2D eigenvalue weighted by Gasteiger charge is -2.36. The summed E-state index contributed by atoms with van der Waals surface area (Å²) in [5.41, 5.74) is -0.500. The predicted octanol–water partition coefficient (Wildman–Crippen LogP) is 0.0640. The number of piperidine rings is 1. The first-order chi connectivity index (χ1) is 15.4. The molecule has 12 heteroatoms. The average molecular weight is 483 g/mol. The van der Waals surface area contributed by atoms with Gasteiger partial charge in [0, 0.05) is 30.4 Å². The molecule has 2 fully saturated rings. The first-order valence-corrected chi connectivity index (χ1v) is 13.0. The number of carbonyl (C=O) groups excluding carboxylic acids is 1. The molecule has 0 saturated carbocycles. The number of sulfone groups is 1. The number of likely N-dealkylation sites (tertiary alicyclic amines) is 1. The van der Waals surface area contributed by atoms with E-state index in [1.165, 1.54) is 12.4 Å². The van der Waals surface area contributed by atoms with Gasteiger partial charge in [-0.25, -0.2) is 18.4 Å². The van der Waals surface area contributed by atoms with Gasteiger partial charge in [-0.3, -0.25) is 4.79 Å². The summed E-state index contributed by atoms with van der Waals surface area (Å²) < 4.78 is 37.4. The van der Waals surface area contributed by atoms with Gasteiger partial charge < -0.3 is 24.4 Å². The van der Waals surface area contributed by atoms with Crippen molar-refractivity contribution in [2.45, 2.75) is 88.3 Å². The van der Waals surface area contributed by atoms with Crippen LogP contribution in [0.1, 0.15) is 59.8 Å². The number of hydrogen-bond donors (Lipinski definition) is 2. The van der Waals surface area contributed by atoms with Crippen molar-refractivity contribution >= 4 is 28.3 Å². The molecule has 2 aliphatic heterocycles. The summed E-state index contributed by atoms with van der Waals surface area (Å²) in [5.74, 6) is -0.657.